The average Bonchev–Trinajstić information content (AvgIpc) is 3.16. The van der Waals surface area contributed by atoms with Crippen LogP contribution in [0.4, 0.5) is 0 Å². The highest BCUT2D eigenvalue weighted by atomic mass is 35.5. The molecule has 7 nitrogen and oxygen atoms in total. The first kappa shape index (κ1) is 18.9. The smallest absolute Gasteiger partial charge is 0.252 e. The second-order valence-electron chi connectivity index (χ2n) is 5.88. The van der Waals surface area contributed by atoms with Crippen molar-refractivity contribution >= 4 is 17.5 Å². The van der Waals surface area contributed by atoms with Crippen molar-refractivity contribution in [1.82, 2.24) is 15.5 Å². The molecule has 27 heavy (non-hydrogen) atoms. The number of nitrogens with zero attached hydrogens (tertiary/aromatic N) is 2. The van der Waals surface area contributed by atoms with Crippen LogP contribution >= 0.6 is 11.6 Å². The minimum atomic E-state index is -0.939. The molecular weight excluding hydrogens is 370 g/mol. The maximum Gasteiger partial charge on any atom is 0.252 e. The number of hydrogen-bond acceptors (Lipinski definition) is 6. The molecule has 8 heteroatoms. The Bertz CT molecular complexity index is 907. The zero-order valence-electron chi connectivity index (χ0n) is 14.7. The summed E-state index contributed by atoms with van der Waals surface area (Å²) < 4.78 is 10.4. The van der Waals surface area contributed by atoms with E-state index in [1.165, 1.54) is 6.92 Å². The fraction of sp³-hybridized carbons (Fsp3) is 0.211. The Balaban J connectivity index is 1.79. The van der Waals surface area contributed by atoms with Crippen LogP contribution in [0.15, 0.2) is 53.1 Å². The number of benzene rings is 2. The molecule has 0 fully saturated rings. The number of aliphatic hydroxyl groups excluding tert-OH is 1. The molecule has 0 aliphatic carbocycles. The Kier molecular flexibility index (Phi) is 5.73. The summed E-state index contributed by atoms with van der Waals surface area (Å²) in [4.78, 5) is 16.7. The Morgan fingerprint density at radius 2 is 1.85 bits per heavy atom. The molecule has 1 heterocycles. The van der Waals surface area contributed by atoms with E-state index < -0.39 is 12.1 Å². The van der Waals surface area contributed by atoms with Crippen molar-refractivity contribution in [3.05, 3.63) is 65.0 Å². The zero-order chi connectivity index (χ0) is 19.4. The van der Waals surface area contributed by atoms with Gasteiger partial charge in [-0.1, -0.05) is 16.8 Å². The van der Waals surface area contributed by atoms with Crippen LogP contribution in [0.3, 0.4) is 0 Å². The Morgan fingerprint density at radius 3 is 2.44 bits per heavy atom. The van der Waals surface area contributed by atoms with Gasteiger partial charge in [-0.05, 0) is 55.5 Å². The van der Waals surface area contributed by atoms with E-state index in [1.807, 2.05) is 0 Å². The summed E-state index contributed by atoms with van der Waals surface area (Å²) in [5, 5.41) is 17.2. The number of halogens is 1. The van der Waals surface area contributed by atoms with E-state index in [0.717, 1.165) is 5.56 Å². The van der Waals surface area contributed by atoms with Crippen molar-refractivity contribution in [2.75, 3.05) is 7.11 Å². The molecule has 0 radical (unpaired) electrons. The van der Waals surface area contributed by atoms with Crippen LogP contribution in [0.5, 0.6) is 5.75 Å². The number of rotatable bonds is 6. The molecule has 2 N–H and O–H groups in total. The lowest BCUT2D eigenvalue weighted by molar-refractivity contribution is 0.0818. The highest BCUT2D eigenvalue weighted by Crippen LogP contribution is 2.23. The lowest BCUT2D eigenvalue weighted by atomic mass is 10.1. The van der Waals surface area contributed by atoms with Gasteiger partial charge >= 0.3 is 0 Å². The van der Waals surface area contributed by atoms with Crippen LogP contribution in [0, 0.1) is 0 Å². The van der Waals surface area contributed by atoms with Gasteiger partial charge < -0.3 is 19.7 Å². The molecule has 3 rings (SSSR count). The normalized spacial score (nSPS) is 13.0. The minimum Gasteiger partial charge on any atom is -0.497 e. The standard InChI is InChI=1S/C19H18ClN3O4/c1-11(24)16(21-18(25)13-3-7-14(20)8-4-13)19-22-17(23-27-19)12-5-9-15(26-2)10-6-12/h3-11,16,24H,1-2H3,(H,21,25)/t11-,16?/m1/s1. The fourth-order valence-corrected chi connectivity index (χ4v) is 2.56. The van der Waals surface area contributed by atoms with Crippen molar-refractivity contribution in [3.8, 4) is 17.1 Å². The maximum absolute atomic E-state index is 12.4. The molecule has 1 amide bonds. The molecule has 0 bridgehead atoms. The molecule has 0 saturated heterocycles. The Morgan fingerprint density at radius 1 is 1.19 bits per heavy atom. The second kappa shape index (κ2) is 8.20. The third kappa shape index (κ3) is 4.45. The molecule has 0 aliphatic rings. The predicted octanol–water partition coefficient (Wildman–Crippen LogP) is 3.25. The summed E-state index contributed by atoms with van der Waals surface area (Å²) in [5.41, 5.74) is 1.12. The molecule has 1 aromatic heterocycles. The first-order valence-corrected chi connectivity index (χ1v) is 8.58. The van der Waals surface area contributed by atoms with Gasteiger partial charge in [0.1, 0.15) is 11.8 Å². The molecule has 3 aromatic rings. The van der Waals surface area contributed by atoms with Gasteiger partial charge in [0.15, 0.2) is 0 Å². The number of nitrogens with one attached hydrogen (secondary N) is 1. The van der Waals surface area contributed by atoms with Crippen molar-refractivity contribution in [2.24, 2.45) is 0 Å². The summed E-state index contributed by atoms with van der Waals surface area (Å²) >= 11 is 5.84. The summed E-state index contributed by atoms with van der Waals surface area (Å²) in [6.07, 6.45) is -0.939. The maximum atomic E-state index is 12.4. The number of amides is 1. The molecule has 0 spiro atoms. The zero-order valence-corrected chi connectivity index (χ0v) is 15.5. The second-order valence-corrected chi connectivity index (χ2v) is 6.32. The van der Waals surface area contributed by atoms with Gasteiger partial charge in [-0.15, -0.1) is 0 Å². The monoisotopic (exact) mass is 387 g/mol. The minimum absolute atomic E-state index is 0.109. The first-order valence-electron chi connectivity index (χ1n) is 8.20. The molecule has 1 unspecified atom stereocenters. The number of carbonyl (C=O) groups is 1. The van der Waals surface area contributed by atoms with Crippen molar-refractivity contribution in [3.63, 3.8) is 0 Å². The highest BCUT2D eigenvalue weighted by Gasteiger charge is 2.26. The largest absolute Gasteiger partial charge is 0.497 e. The number of aliphatic hydroxyl groups is 1. The number of aromatic nitrogens is 2. The topological polar surface area (TPSA) is 97.5 Å². The number of ether oxygens (including phenoxy) is 1. The van der Waals surface area contributed by atoms with Gasteiger partial charge in [-0.25, -0.2) is 0 Å². The quantitative estimate of drug-likeness (QED) is 0.673. The lowest BCUT2D eigenvalue weighted by Gasteiger charge is -2.17. The lowest BCUT2D eigenvalue weighted by Crippen LogP contribution is -2.35. The van der Waals surface area contributed by atoms with Crippen LogP contribution in [0.1, 0.15) is 29.2 Å². The van der Waals surface area contributed by atoms with Gasteiger partial charge in [-0.3, -0.25) is 4.79 Å². The number of carbonyl (C=O) groups excluding carboxylic acids is 1. The van der Waals surface area contributed by atoms with E-state index in [-0.39, 0.29) is 11.8 Å². The fourth-order valence-electron chi connectivity index (χ4n) is 2.43. The molecule has 2 aromatic carbocycles. The van der Waals surface area contributed by atoms with Gasteiger partial charge in [-0.2, -0.15) is 4.98 Å². The molecule has 0 aliphatic heterocycles. The van der Waals surface area contributed by atoms with Crippen LogP contribution in [0.2, 0.25) is 5.02 Å². The van der Waals surface area contributed by atoms with E-state index in [9.17, 15) is 9.90 Å². The Hall–Kier alpha value is -2.90. The summed E-state index contributed by atoms with van der Waals surface area (Å²) in [7, 11) is 1.58. The summed E-state index contributed by atoms with van der Waals surface area (Å²) in [6.45, 7) is 1.53. The molecule has 2 atom stereocenters. The van der Waals surface area contributed by atoms with Crippen molar-refractivity contribution in [2.45, 2.75) is 19.1 Å². The number of hydrogen-bond donors (Lipinski definition) is 2. The van der Waals surface area contributed by atoms with Crippen LogP contribution in [-0.2, 0) is 0 Å². The van der Waals surface area contributed by atoms with E-state index in [0.29, 0.717) is 22.2 Å². The third-order valence-electron chi connectivity index (χ3n) is 3.93. The van der Waals surface area contributed by atoms with E-state index in [4.69, 9.17) is 20.9 Å². The van der Waals surface area contributed by atoms with Crippen molar-refractivity contribution in [1.29, 1.82) is 0 Å². The summed E-state index contributed by atoms with van der Waals surface area (Å²) in [6, 6.07) is 12.7. The SMILES string of the molecule is COc1ccc(-c2noc(C(NC(=O)c3ccc(Cl)cc3)[C@@H](C)O)n2)cc1. The third-order valence-corrected chi connectivity index (χ3v) is 4.18. The van der Waals surface area contributed by atoms with Crippen LogP contribution < -0.4 is 10.1 Å². The van der Waals surface area contributed by atoms with E-state index in [1.54, 1.807) is 55.6 Å². The van der Waals surface area contributed by atoms with Gasteiger partial charge in [0, 0.05) is 16.1 Å². The Labute approximate surface area is 160 Å². The summed E-state index contributed by atoms with van der Waals surface area (Å²) in [5.74, 6) is 0.776. The van der Waals surface area contributed by atoms with Gasteiger partial charge in [0.2, 0.25) is 5.82 Å². The molecule has 0 saturated carbocycles. The number of methoxy groups -OCH3 is 1. The average molecular weight is 388 g/mol. The van der Waals surface area contributed by atoms with Gasteiger partial charge in [0.05, 0.1) is 13.2 Å². The van der Waals surface area contributed by atoms with E-state index >= 15 is 0 Å². The molecular formula is C19H18ClN3O4. The van der Waals surface area contributed by atoms with Crippen molar-refractivity contribution < 1.29 is 19.2 Å². The molecule has 140 valence electrons. The highest BCUT2D eigenvalue weighted by molar-refractivity contribution is 6.30. The van der Waals surface area contributed by atoms with Crippen LogP contribution in [0.25, 0.3) is 11.4 Å². The predicted molar refractivity (Wildman–Crippen MR) is 99.6 cm³/mol. The van der Waals surface area contributed by atoms with Gasteiger partial charge in [0.25, 0.3) is 11.8 Å². The van der Waals surface area contributed by atoms with E-state index in [2.05, 4.69) is 15.5 Å². The van der Waals surface area contributed by atoms with Crippen LogP contribution in [-0.4, -0.2) is 34.4 Å². The first-order chi connectivity index (χ1) is 13.0.